The lowest BCUT2D eigenvalue weighted by molar-refractivity contribution is 0.285. The molecule has 0 amide bonds. The van der Waals surface area contributed by atoms with Crippen LogP contribution >= 0.6 is 12.4 Å². The van der Waals surface area contributed by atoms with Crippen molar-refractivity contribution in [2.45, 2.75) is 104 Å². The molecule has 0 aliphatic rings. The second-order valence-corrected chi connectivity index (χ2v) is 7.04. The molecule has 1 atom stereocenters. The molecule has 2 heteroatoms. The minimum absolute atomic E-state index is 0. The summed E-state index contributed by atoms with van der Waals surface area (Å²) in [6.45, 7) is 10.6. The first kappa shape index (κ1) is 23.3. The van der Waals surface area contributed by atoms with Crippen molar-refractivity contribution in [2.75, 3.05) is 0 Å². The Balaban J connectivity index is 0. The highest BCUT2D eigenvalue weighted by atomic mass is 35.5. The van der Waals surface area contributed by atoms with E-state index in [4.69, 9.17) is 5.73 Å². The molecule has 0 fully saturated rings. The van der Waals surface area contributed by atoms with Gasteiger partial charge in [0.15, 0.2) is 0 Å². The van der Waals surface area contributed by atoms with Crippen LogP contribution in [0.4, 0.5) is 0 Å². The van der Waals surface area contributed by atoms with E-state index < -0.39 is 0 Å². The summed E-state index contributed by atoms with van der Waals surface area (Å²) >= 11 is 0. The standard InChI is InChI=1S/C19H39N.ClH/c1-5-7-8-9-10-11-12-13-14-15-16-17-19(3,4)18(20)6-2;/h6,18H,2,5,7-17,20H2,1,3-4H3;1H. The van der Waals surface area contributed by atoms with Crippen molar-refractivity contribution in [1.29, 1.82) is 0 Å². The molecule has 0 aromatic heterocycles. The van der Waals surface area contributed by atoms with Gasteiger partial charge in [0.05, 0.1) is 0 Å². The van der Waals surface area contributed by atoms with E-state index in [1.807, 2.05) is 6.08 Å². The molecule has 0 bridgehead atoms. The minimum Gasteiger partial charge on any atom is -0.324 e. The Morgan fingerprint density at radius 3 is 1.62 bits per heavy atom. The van der Waals surface area contributed by atoms with E-state index in [2.05, 4.69) is 27.4 Å². The van der Waals surface area contributed by atoms with Gasteiger partial charge in [0, 0.05) is 6.04 Å². The SMILES string of the molecule is C=CC(N)C(C)(C)CCCCCCCCCCCCC.Cl. The van der Waals surface area contributed by atoms with E-state index in [0.29, 0.717) is 0 Å². The van der Waals surface area contributed by atoms with E-state index >= 15 is 0 Å². The maximum absolute atomic E-state index is 6.06. The average Bonchev–Trinajstić information content (AvgIpc) is 2.43. The van der Waals surface area contributed by atoms with Gasteiger partial charge in [0.1, 0.15) is 0 Å². The van der Waals surface area contributed by atoms with Gasteiger partial charge in [-0.3, -0.25) is 0 Å². The lowest BCUT2D eigenvalue weighted by atomic mass is 9.80. The quantitative estimate of drug-likeness (QED) is 0.282. The first-order valence-corrected chi connectivity index (χ1v) is 8.92. The molecule has 0 aromatic rings. The largest absolute Gasteiger partial charge is 0.324 e. The Morgan fingerprint density at radius 2 is 1.24 bits per heavy atom. The van der Waals surface area contributed by atoms with Crippen molar-refractivity contribution in [3.05, 3.63) is 12.7 Å². The maximum Gasteiger partial charge on any atom is 0.0273 e. The Morgan fingerprint density at radius 1 is 0.857 bits per heavy atom. The predicted molar refractivity (Wildman–Crippen MR) is 100 cm³/mol. The molecule has 0 saturated heterocycles. The van der Waals surface area contributed by atoms with Gasteiger partial charge < -0.3 is 5.73 Å². The highest BCUT2D eigenvalue weighted by Crippen LogP contribution is 2.27. The molecule has 0 aliphatic heterocycles. The van der Waals surface area contributed by atoms with Crippen LogP contribution in [0.1, 0.15) is 97.8 Å². The van der Waals surface area contributed by atoms with E-state index in [0.717, 1.165) is 0 Å². The molecule has 128 valence electrons. The second kappa shape index (κ2) is 14.9. The topological polar surface area (TPSA) is 26.0 Å². The van der Waals surface area contributed by atoms with Crippen molar-refractivity contribution >= 4 is 12.4 Å². The van der Waals surface area contributed by atoms with Crippen LogP contribution in [0, 0.1) is 5.41 Å². The minimum atomic E-state index is 0. The summed E-state index contributed by atoms with van der Waals surface area (Å²) in [7, 11) is 0. The highest BCUT2D eigenvalue weighted by Gasteiger charge is 2.23. The van der Waals surface area contributed by atoms with Gasteiger partial charge in [-0.25, -0.2) is 0 Å². The highest BCUT2D eigenvalue weighted by molar-refractivity contribution is 5.85. The zero-order valence-electron chi connectivity index (χ0n) is 14.8. The van der Waals surface area contributed by atoms with Crippen LogP contribution in [-0.4, -0.2) is 6.04 Å². The van der Waals surface area contributed by atoms with Crippen LogP contribution in [-0.2, 0) is 0 Å². The summed E-state index contributed by atoms with van der Waals surface area (Å²) in [5.41, 5.74) is 6.27. The average molecular weight is 318 g/mol. The number of unbranched alkanes of at least 4 members (excludes halogenated alkanes) is 10. The van der Waals surface area contributed by atoms with Crippen LogP contribution in [0.3, 0.4) is 0 Å². The summed E-state index contributed by atoms with van der Waals surface area (Å²) in [5, 5.41) is 0. The summed E-state index contributed by atoms with van der Waals surface area (Å²) in [6, 6.07) is 0.130. The van der Waals surface area contributed by atoms with Gasteiger partial charge in [-0.2, -0.15) is 0 Å². The molecule has 21 heavy (non-hydrogen) atoms. The molecule has 0 radical (unpaired) electrons. The third-order valence-electron chi connectivity index (χ3n) is 4.58. The molecule has 0 spiro atoms. The van der Waals surface area contributed by atoms with Crippen molar-refractivity contribution in [3.8, 4) is 0 Å². The van der Waals surface area contributed by atoms with Crippen LogP contribution < -0.4 is 5.73 Å². The van der Waals surface area contributed by atoms with Crippen LogP contribution in [0.5, 0.6) is 0 Å². The monoisotopic (exact) mass is 317 g/mol. The molecular weight excluding hydrogens is 278 g/mol. The van der Waals surface area contributed by atoms with Gasteiger partial charge in [-0.1, -0.05) is 97.5 Å². The van der Waals surface area contributed by atoms with Gasteiger partial charge >= 0.3 is 0 Å². The third-order valence-corrected chi connectivity index (χ3v) is 4.58. The first-order valence-electron chi connectivity index (χ1n) is 8.92. The molecule has 0 aliphatic carbocycles. The van der Waals surface area contributed by atoms with Crippen LogP contribution in [0.15, 0.2) is 12.7 Å². The fourth-order valence-electron chi connectivity index (χ4n) is 2.73. The van der Waals surface area contributed by atoms with Crippen molar-refractivity contribution < 1.29 is 0 Å². The van der Waals surface area contributed by atoms with Gasteiger partial charge in [-0.15, -0.1) is 19.0 Å². The molecule has 2 N–H and O–H groups in total. The smallest absolute Gasteiger partial charge is 0.0273 e. The summed E-state index contributed by atoms with van der Waals surface area (Å²) in [6.07, 6.45) is 18.6. The van der Waals surface area contributed by atoms with E-state index in [1.165, 1.54) is 77.0 Å². The predicted octanol–water partition coefficient (Wildman–Crippen LogP) is 6.65. The van der Waals surface area contributed by atoms with Crippen molar-refractivity contribution in [2.24, 2.45) is 11.1 Å². The van der Waals surface area contributed by atoms with Gasteiger partial charge in [0.2, 0.25) is 0 Å². The van der Waals surface area contributed by atoms with Gasteiger partial charge in [0.25, 0.3) is 0 Å². The van der Waals surface area contributed by atoms with Gasteiger partial charge in [-0.05, 0) is 11.8 Å². The molecule has 1 unspecified atom stereocenters. The summed E-state index contributed by atoms with van der Waals surface area (Å²) in [5.74, 6) is 0. The van der Waals surface area contributed by atoms with Crippen LogP contribution in [0.2, 0.25) is 0 Å². The number of hydrogen-bond donors (Lipinski definition) is 1. The Bertz CT molecular complexity index is 226. The number of hydrogen-bond acceptors (Lipinski definition) is 1. The lowest BCUT2D eigenvalue weighted by Crippen LogP contribution is -2.35. The Kier molecular flexibility index (Phi) is 16.5. The zero-order valence-corrected chi connectivity index (χ0v) is 15.6. The summed E-state index contributed by atoms with van der Waals surface area (Å²) < 4.78 is 0. The lowest BCUT2D eigenvalue weighted by Gasteiger charge is -2.29. The Labute approximate surface area is 140 Å². The molecule has 0 heterocycles. The second-order valence-electron chi connectivity index (χ2n) is 7.04. The fraction of sp³-hybridized carbons (Fsp3) is 0.895. The molecule has 0 saturated carbocycles. The Hall–Kier alpha value is -0.0100. The molecular formula is C19H40ClN. The summed E-state index contributed by atoms with van der Waals surface area (Å²) in [4.78, 5) is 0. The molecule has 0 rings (SSSR count). The molecule has 1 nitrogen and oxygen atoms in total. The van der Waals surface area contributed by atoms with Crippen LogP contribution in [0.25, 0.3) is 0 Å². The van der Waals surface area contributed by atoms with E-state index in [-0.39, 0.29) is 23.9 Å². The van der Waals surface area contributed by atoms with Crippen molar-refractivity contribution in [3.63, 3.8) is 0 Å². The molecule has 0 aromatic carbocycles. The normalized spacial score (nSPS) is 12.8. The number of rotatable bonds is 14. The fourth-order valence-corrected chi connectivity index (χ4v) is 2.73. The van der Waals surface area contributed by atoms with Crippen molar-refractivity contribution in [1.82, 2.24) is 0 Å². The maximum atomic E-state index is 6.06. The number of nitrogens with two attached hydrogens (primary N) is 1. The first-order chi connectivity index (χ1) is 9.54. The van der Waals surface area contributed by atoms with E-state index in [1.54, 1.807) is 0 Å². The number of halogens is 1. The zero-order chi connectivity index (χ0) is 15.3. The van der Waals surface area contributed by atoms with E-state index in [9.17, 15) is 0 Å². The third kappa shape index (κ3) is 13.4.